The second-order valence-corrected chi connectivity index (χ2v) is 4.84. The first-order chi connectivity index (χ1) is 9.85. The number of hydrogen-bond acceptors (Lipinski definition) is 2. The fraction of sp³-hybridized carbons (Fsp3) is 0.353. The van der Waals surface area contributed by atoms with Gasteiger partial charge in [0.1, 0.15) is 6.54 Å². The van der Waals surface area contributed by atoms with Crippen LogP contribution in [0.5, 0.6) is 0 Å². The molecule has 0 aliphatic carbocycles. The minimum Gasteiger partial charge on any atom is -1.00 e. The number of rotatable bonds is 7. The fourth-order valence-corrected chi connectivity index (χ4v) is 2.30. The Morgan fingerprint density at radius 2 is 1.76 bits per heavy atom. The van der Waals surface area contributed by atoms with E-state index in [9.17, 15) is 0 Å². The van der Waals surface area contributed by atoms with Crippen molar-refractivity contribution in [3.8, 4) is 0 Å². The lowest BCUT2D eigenvalue weighted by Crippen LogP contribution is -3.11. The van der Waals surface area contributed by atoms with Crippen LogP contribution in [0.15, 0.2) is 47.6 Å². The number of fused-ring (bicyclic) bond motifs is 1. The zero-order chi connectivity index (χ0) is 14.2. The molecule has 0 unspecified atom stereocenters. The number of halogens is 1. The molecule has 0 aliphatic heterocycles. The average Bonchev–Trinajstić information content (AvgIpc) is 2.51. The number of nitrogens with one attached hydrogen (secondary N) is 1. The molecule has 2 rings (SSSR count). The summed E-state index contributed by atoms with van der Waals surface area (Å²) in [6.07, 6.45) is 1.81. The molecule has 0 bridgehead atoms. The Bertz CT molecular complexity index is 562. The van der Waals surface area contributed by atoms with Crippen molar-refractivity contribution in [1.29, 1.82) is 0 Å². The van der Waals surface area contributed by atoms with Gasteiger partial charge in [-0.2, -0.15) is 0 Å². The van der Waals surface area contributed by atoms with Crippen molar-refractivity contribution in [2.24, 2.45) is 5.16 Å². The Balaban J connectivity index is 0.00000220. The molecule has 0 saturated heterocycles. The van der Waals surface area contributed by atoms with Crippen LogP contribution in [-0.4, -0.2) is 32.5 Å². The molecule has 0 spiro atoms. The van der Waals surface area contributed by atoms with Crippen molar-refractivity contribution >= 4 is 17.0 Å². The van der Waals surface area contributed by atoms with Crippen molar-refractivity contribution in [2.45, 2.75) is 13.8 Å². The average molecular weight is 307 g/mol. The van der Waals surface area contributed by atoms with Gasteiger partial charge >= 0.3 is 0 Å². The van der Waals surface area contributed by atoms with E-state index >= 15 is 0 Å². The smallest absolute Gasteiger partial charge is 0.165 e. The van der Waals surface area contributed by atoms with Gasteiger partial charge in [0, 0.05) is 5.56 Å². The van der Waals surface area contributed by atoms with Gasteiger partial charge in [0.05, 0.1) is 19.3 Å². The SMILES string of the molecule is CC[NH+](CC)CCO/N=C\c1cccc2ccccc12.[Cl-]. The van der Waals surface area contributed by atoms with Crippen LogP contribution in [-0.2, 0) is 4.84 Å². The van der Waals surface area contributed by atoms with Crippen LogP contribution in [0.1, 0.15) is 19.4 Å². The summed E-state index contributed by atoms with van der Waals surface area (Å²) in [7, 11) is 0. The third-order valence-electron chi connectivity index (χ3n) is 3.64. The summed E-state index contributed by atoms with van der Waals surface area (Å²) in [4.78, 5) is 6.90. The Kier molecular flexibility index (Phi) is 7.80. The zero-order valence-corrected chi connectivity index (χ0v) is 13.4. The number of likely N-dealkylation sites (N-methyl/N-ethyl adjacent to an activating group) is 1. The van der Waals surface area contributed by atoms with E-state index < -0.39 is 0 Å². The van der Waals surface area contributed by atoms with Crippen LogP contribution in [0.2, 0.25) is 0 Å². The minimum absolute atomic E-state index is 0. The molecule has 4 heteroatoms. The number of hydrogen-bond donors (Lipinski definition) is 1. The Morgan fingerprint density at radius 3 is 2.52 bits per heavy atom. The highest BCUT2D eigenvalue weighted by Crippen LogP contribution is 2.16. The van der Waals surface area contributed by atoms with E-state index in [4.69, 9.17) is 4.84 Å². The molecule has 0 atom stereocenters. The zero-order valence-electron chi connectivity index (χ0n) is 12.7. The first-order valence-electron chi connectivity index (χ1n) is 7.31. The van der Waals surface area contributed by atoms with E-state index in [0.29, 0.717) is 6.61 Å². The lowest BCUT2D eigenvalue weighted by atomic mass is 10.1. The van der Waals surface area contributed by atoms with Crippen molar-refractivity contribution < 1.29 is 22.1 Å². The van der Waals surface area contributed by atoms with E-state index in [1.54, 1.807) is 6.21 Å². The van der Waals surface area contributed by atoms with Crippen molar-refractivity contribution in [3.05, 3.63) is 48.0 Å². The van der Waals surface area contributed by atoms with Crippen molar-refractivity contribution in [1.82, 2.24) is 0 Å². The Hall–Kier alpha value is -1.58. The highest BCUT2D eigenvalue weighted by Gasteiger charge is 2.01. The topological polar surface area (TPSA) is 26.0 Å². The maximum Gasteiger partial charge on any atom is 0.165 e. The summed E-state index contributed by atoms with van der Waals surface area (Å²) in [6.45, 7) is 8.31. The highest BCUT2D eigenvalue weighted by atomic mass is 35.5. The second kappa shape index (κ2) is 9.37. The Morgan fingerprint density at radius 1 is 1.05 bits per heavy atom. The van der Waals surface area contributed by atoms with E-state index in [2.05, 4.69) is 43.3 Å². The molecule has 0 aliphatic rings. The van der Waals surface area contributed by atoms with Gasteiger partial charge in [0.15, 0.2) is 6.61 Å². The molecule has 2 aromatic carbocycles. The summed E-state index contributed by atoms with van der Waals surface area (Å²) < 4.78 is 0. The molecule has 0 aromatic heterocycles. The van der Waals surface area contributed by atoms with Crippen LogP contribution in [0, 0.1) is 0 Å². The van der Waals surface area contributed by atoms with Gasteiger partial charge in [0.25, 0.3) is 0 Å². The van der Waals surface area contributed by atoms with Gasteiger partial charge in [-0.25, -0.2) is 0 Å². The van der Waals surface area contributed by atoms with E-state index in [0.717, 1.165) is 25.2 Å². The summed E-state index contributed by atoms with van der Waals surface area (Å²) >= 11 is 0. The van der Waals surface area contributed by atoms with Crippen LogP contribution < -0.4 is 17.3 Å². The molecule has 114 valence electrons. The predicted molar refractivity (Wildman–Crippen MR) is 84.4 cm³/mol. The molecule has 2 aromatic rings. The number of benzene rings is 2. The third-order valence-corrected chi connectivity index (χ3v) is 3.64. The van der Waals surface area contributed by atoms with Gasteiger partial charge in [0.2, 0.25) is 0 Å². The lowest BCUT2D eigenvalue weighted by Gasteiger charge is -2.13. The van der Waals surface area contributed by atoms with E-state index in [1.807, 2.05) is 18.2 Å². The number of oxime groups is 1. The summed E-state index contributed by atoms with van der Waals surface area (Å²) in [5, 5.41) is 6.53. The maximum atomic E-state index is 5.37. The quantitative estimate of drug-likeness (QED) is 0.401. The summed E-state index contributed by atoms with van der Waals surface area (Å²) in [5.74, 6) is 0. The molecule has 21 heavy (non-hydrogen) atoms. The highest BCUT2D eigenvalue weighted by molar-refractivity contribution is 5.99. The molecule has 0 saturated carbocycles. The summed E-state index contributed by atoms with van der Waals surface area (Å²) in [5.41, 5.74) is 1.10. The summed E-state index contributed by atoms with van der Waals surface area (Å²) in [6, 6.07) is 14.5. The lowest BCUT2D eigenvalue weighted by molar-refractivity contribution is -0.896. The number of quaternary nitrogens is 1. The van der Waals surface area contributed by atoms with E-state index in [-0.39, 0.29) is 12.4 Å². The van der Waals surface area contributed by atoms with Gasteiger partial charge in [-0.3, -0.25) is 0 Å². The first-order valence-corrected chi connectivity index (χ1v) is 7.31. The second-order valence-electron chi connectivity index (χ2n) is 4.84. The molecule has 3 nitrogen and oxygen atoms in total. The molecular formula is C17H23ClN2O. The third kappa shape index (κ3) is 5.03. The largest absolute Gasteiger partial charge is 1.00 e. The fourth-order valence-electron chi connectivity index (χ4n) is 2.30. The van der Waals surface area contributed by atoms with Crippen LogP contribution in [0.25, 0.3) is 10.8 Å². The minimum atomic E-state index is 0. The molecule has 0 radical (unpaired) electrons. The van der Waals surface area contributed by atoms with Crippen molar-refractivity contribution in [2.75, 3.05) is 26.2 Å². The molecular weight excluding hydrogens is 284 g/mol. The molecule has 0 amide bonds. The number of nitrogens with zero attached hydrogens (tertiary/aromatic N) is 1. The standard InChI is InChI=1S/C17H22N2O.ClH/c1-3-19(4-2)12-13-20-18-14-16-10-7-9-15-8-5-6-11-17(15)16;/h5-11,14H,3-4,12-13H2,1-2H3;1H/b18-14-;. The molecule has 0 fully saturated rings. The normalized spacial score (nSPS) is 11.0. The molecule has 0 heterocycles. The van der Waals surface area contributed by atoms with Gasteiger partial charge in [-0.15, -0.1) is 0 Å². The van der Waals surface area contributed by atoms with Crippen molar-refractivity contribution in [3.63, 3.8) is 0 Å². The van der Waals surface area contributed by atoms with Gasteiger partial charge < -0.3 is 22.1 Å². The monoisotopic (exact) mass is 306 g/mol. The maximum absolute atomic E-state index is 5.37. The van der Waals surface area contributed by atoms with Gasteiger partial charge in [-0.05, 0) is 24.6 Å². The van der Waals surface area contributed by atoms with E-state index in [1.165, 1.54) is 15.7 Å². The van der Waals surface area contributed by atoms with Crippen LogP contribution in [0.3, 0.4) is 0 Å². The first kappa shape index (κ1) is 17.5. The predicted octanol–water partition coefficient (Wildman–Crippen LogP) is -0.881. The van der Waals surface area contributed by atoms with Crippen LogP contribution in [0.4, 0.5) is 0 Å². The Labute approximate surface area is 133 Å². The molecule has 1 N–H and O–H groups in total. The van der Waals surface area contributed by atoms with Gasteiger partial charge in [-0.1, -0.05) is 47.6 Å². The van der Waals surface area contributed by atoms with Crippen LogP contribution >= 0.6 is 0 Å².